The summed E-state index contributed by atoms with van der Waals surface area (Å²) in [7, 11) is 0. The van der Waals surface area contributed by atoms with Crippen LogP contribution < -0.4 is 109 Å². The molecule has 0 saturated carbocycles. The molecule has 0 fully saturated rings. The molecule has 0 saturated heterocycles. The second kappa shape index (κ2) is 83.7. The standard InChI is InChI=1S/C18H38N.C16H34.C10H22.C3H4.C2H4N.C2H4.2K/c1-4-7-9-11-13-15-17-19(6-3)18-16-14-12-10-8-5-2;1-4-6-8-10-11-13-15-16(3)14-12-9-7-5-2;1-3-5-7-9-10-8-6-4-2;1-3-2;1-2-3;1-2;;/h3-18H2,1-2H3;16H,4-15H2,1-3H3;3-10H2,1-2H3;1-2H2;1-2H,3H2;1-2H2;;/q-1;;;;-1;;2*+1. The van der Waals surface area contributed by atoms with Crippen molar-refractivity contribution in [1.82, 2.24) is 4.90 Å². The van der Waals surface area contributed by atoms with Crippen molar-refractivity contribution in [2.75, 3.05) is 19.6 Å². The maximum absolute atomic E-state index is 4.50. The molecule has 0 aromatic heterocycles. The summed E-state index contributed by atoms with van der Waals surface area (Å²) in [6.45, 7) is 40.5. The van der Waals surface area contributed by atoms with E-state index >= 15 is 0 Å². The average molecular weight is 826 g/mol. The summed E-state index contributed by atoms with van der Waals surface area (Å²) >= 11 is 0. The summed E-state index contributed by atoms with van der Waals surface area (Å²) in [5.74, 6) is 0.975. The molecule has 0 spiro atoms. The van der Waals surface area contributed by atoms with Crippen LogP contribution in [-0.2, 0) is 0 Å². The number of rotatable bonds is 34. The van der Waals surface area contributed by atoms with Gasteiger partial charge in [0.05, 0.1) is 0 Å². The van der Waals surface area contributed by atoms with E-state index in [1.54, 1.807) is 0 Å². The van der Waals surface area contributed by atoms with Crippen molar-refractivity contribution in [2.45, 2.75) is 254 Å². The van der Waals surface area contributed by atoms with E-state index in [-0.39, 0.29) is 103 Å². The van der Waals surface area contributed by atoms with E-state index in [0.717, 1.165) is 18.7 Å². The van der Waals surface area contributed by atoms with Gasteiger partial charge in [0.2, 0.25) is 0 Å². The number of hydrogen-bond acceptors (Lipinski definition) is 2. The van der Waals surface area contributed by atoms with Gasteiger partial charge in [-0.25, -0.2) is 0 Å². The fourth-order valence-electron chi connectivity index (χ4n) is 6.11. The second-order valence-electron chi connectivity index (χ2n) is 15.0. The topological polar surface area (TPSA) is 29.3 Å². The van der Waals surface area contributed by atoms with E-state index in [4.69, 9.17) is 0 Å². The SMILES string of the molecule is C=C.C=C=C.CCCCCCCCC(C)CCCCCC.CCCCCCCCCC.[CH-]=CN.[CH2-]CN(CCCCCCCC)CCCCCCCC.[K+].[K+]. The first-order valence-electron chi connectivity index (χ1n) is 23.5. The van der Waals surface area contributed by atoms with Crippen LogP contribution >= 0.6 is 0 Å². The fraction of sp³-hybridized carbons (Fsp3) is 0.843. The molecule has 322 valence electrons. The maximum atomic E-state index is 4.50. The minimum atomic E-state index is 0. The molecular formula is C51H106K2N2. The Morgan fingerprint density at radius 3 is 0.891 bits per heavy atom. The van der Waals surface area contributed by atoms with Crippen molar-refractivity contribution in [3.05, 3.63) is 51.7 Å². The van der Waals surface area contributed by atoms with E-state index in [1.807, 2.05) is 0 Å². The third-order valence-electron chi connectivity index (χ3n) is 9.53. The van der Waals surface area contributed by atoms with Crippen LogP contribution in [0.1, 0.15) is 254 Å². The predicted octanol–water partition coefficient (Wildman–Crippen LogP) is 12.0. The molecule has 0 bridgehead atoms. The third kappa shape index (κ3) is 97.2. The van der Waals surface area contributed by atoms with Gasteiger partial charge in [0, 0.05) is 0 Å². The second-order valence-corrected chi connectivity index (χ2v) is 15.0. The van der Waals surface area contributed by atoms with E-state index < -0.39 is 0 Å². The molecule has 2 nitrogen and oxygen atoms in total. The molecule has 0 amide bonds. The normalized spacial score (nSPS) is 9.98. The first kappa shape index (κ1) is 74.5. The average Bonchev–Trinajstić information content (AvgIpc) is 3.17. The summed E-state index contributed by atoms with van der Waals surface area (Å²) in [4.78, 5) is 2.54. The van der Waals surface area contributed by atoms with E-state index in [1.165, 1.54) is 219 Å². The number of nitrogens with zero attached hydrogens (tertiary/aromatic N) is 1. The number of unbranched alkanes of at least 4 members (excludes halogenated alkanes) is 25. The first-order chi connectivity index (χ1) is 25.9. The molecule has 0 aromatic carbocycles. The molecule has 2 N–H and O–H groups in total. The molecule has 0 heterocycles. The number of nitrogens with two attached hydrogens (primary N) is 1. The molecule has 0 aliphatic heterocycles. The zero-order valence-electron chi connectivity index (χ0n) is 40.5. The Bertz CT molecular complexity index is 567. The van der Waals surface area contributed by atoms with Crippen molar-refractivity contribution in [3.63, 3.8) is 0 Å². The van der Waals surface area contributed by atoms with Gasteiger partial charge in [-0.2, -0.15) is 6.20 Å². The molecule has 0 rings (SSSR count). The largest absolute Gasteiger partial charge is 1.00 e. The van der Waals surface area contributed by atoms with E-state index in [9.17, 15) is 0 Å². The van der Waals surface area contributed by atoms with Gasteiger partial charge in [-0.3, -0.25) is 0 Å². The van der Waals surface area contributed by atoms with Crippen LogP contribution in [0.25, 0.3) is 0 Å². The quantitative estimate of drug-likeness (QED) is 0.0230. The summed E-state index contributed by atoms with van der Waals surface area (Å²) < 4.78 is 0. The molecule has 0 aromatic rings. The Balaban J connectivity index is -0.0000000925. The molecule has 0 radical (unpaired) electrons. The molecule has 4 heteroatoms. The smallest absolute Gasteiger partial charge is 0.497 e. The molecular weight excluding hydrogens is 719 g/mol. The van der Waals surface area contributed by atoms with E-state index in [0.29, 0.717) is 0 Å². The monoisotopic (exact) mass is 825 g/mol. The third-order valence-corrected chi connectivity index (χ3v) is 9.53. The molecule has 0 aliphatic carbocycles. The van der Waals surface area contributed by atoms with Crippen LogP contribution in [0.15, 0.2) is 38.2 Å². The van der Waals surface area contributed by atoms with Gasteiger partial charge in [0.1, 0.15) is 0 Å². The fourth-order valence-corrected chi connectivity index (χ4v) is 6.11. The van der Waals surface area contributed by atoms with Crippen molar-refractivity contribution >= 4 is 0 Å². The maximum Gasteiger partial charge on any atom is 1.00 e. The summed E-state index contributed by atoms with van der Waals surface area (Å²) in [6, 6.07) is 0. The van der Waals surface area contributed by atoms with Gasteiger partial charge >= 0.3 is 103 Å². The van der Waals surface area contributed by atoms with Gasteiger partial charge in [0.15, 0.2) is 0 Å². The van der Waals surface area contributed by atoms with Gasteiger partial charge in [-0.15, -0.1) is 25.4 Å². The summed E-state index contributed by atoms with van der Waals surface area (Å²) in [5.41, 5.74) is 6.75. The minimum absolute atomic E-state index is 0. The van der Waals surface area contributed by atoms with Crippen LogP contribution in [0.5, 0.6) is 0 Å². The molecule has 1 unspecified atom stereocenters. The zero-order chi connectivity index (χ0) is 41.3. The van der Waals surface area contributed by atoms with Gasteiger partial charge in [-0.1, -0.05) is 254 Å². The van der Waals surface area contributed by atoms with Crippen molar-refractivity contribution < 1.29 is 103 Å². The van der Waals surface area contributed by atoms with Crippen LogP contribution in [0, 0.1) is 19.4 Å². The van der Waals surface area contributed by atoms with Gasteiger partial charge < -0.3 is 24.1 Å². The zero-order valence-corrected chi connectivity index (χ0v) is 46.8. The van der Waals surface area contributed by atoms with Crippen molar-refractivity contribution in [3.8, 4) is 0 Å². The first-order valence-corrected chi connectivity index (χ1v) is 23.5. The van der Waals surface area contributed by atoms with Crippen LogP contribution in [0.4, 0.5) is 0 Å². The van der Waals surface area contributed by atoms with Crippen LogP contribution in [0.3, 0.4) is 0 Å². The Morgan fingerprint density at radius 1 is 0.491 bits per heavy atom. The minimum Gasteiger partial charge on any atom is -0.497 e. The van der Waals surface area contributed by atoms with Crippen molar-refractivity contribution in [1.29, 1.82) is 0 Å². The molecule has 1 atom stereocenters. The van der Waals surface area contributed by atoms with Crippen molar-refractivity contribution in [2.24, 2.45) is 11.7 Å². The Kier molecular flexibility index (Phi) is 113. The van der Waals surface area contributed by atoms with E-state index in [2.05, 4.69) is 105 Å². The molecule has 0 aliphatic rings. The predicted molar refractivity (Wildman–Crippen MR) is 252 cm³/mol. The Hall–Kier alpha value is 2.03. The van der Waals surface area contributed by atoms with Gasteiger partial charge in [0.25, 0.3) is 0 Å². The number of hydrogen-bond donors (Lipinski definition) is 1. The summed E-state index contributed by atoms with van der Waals surface area (Å²) in [5, 5.41) is 0. The summed E-state index contributed by atoms with van der Waals surface area (Å²) in [6.07, 6.45) is 46.6. The Labute approximate surface area is 438 Å². The Morgan fingerprint density at radius 2 is 0.673 bits per heavy atom. The molecule has 55 heavy (non-hydrogen) atoms. The van der Waals surface area contributed by atoms with Crippen LogP contribution in [0.2, 0.25) is 0 Å². The van der Waals surface area contributed by atoms with Crippen LogP contribution in [-0.4, -0.2) is 24.5 Å². The van der Waals surface area contributed by atoms with Gasteiger partial charge in [-0.05, 0) is 31.8 Å².